The lowest BCUT2D eigenvalue weighted by atomic mass is 9.99. The number of halogens is 1. The first-order valence-corrected chi connectivity index (χ1v) is 7.63. The van der Waals surface area contributed by atoms with Crippen LogP contribution in [0.15, 0.2) is 18.2 Å². The first-order chi connectivity index (χ1) is 9.81. The standard InChI is InChI=1S/C17H29FN2O/c1-6-19-16(9-10-20(5)17(3,4)12-21)14-8-7-13(2)15(18)11-14/h7-8,11,16,19,21H,6,9-10,12H2,1-5H3. The summed E-state index contributed by atoms with van der Waals surface area (Å²) in [5.41, 5.74) is 1.41. The normalized spacial score (nSPS) is 13.7. The van der Waals surface area contributed by atoms with Gasteiger partial charge in [-0.05, 0) is 58.0 Å². The highest BCUT2D eigenvalue weighted by Gasteiger charge is 2.23. The summed E-state index contributed by atoms with van der Waals surface area (Å²) in [5, 5.41) is 12.8. The molecule has 0 heterocycles. The van der Waals surface area contributed by atoms with Crippen LogP contribution in [0.25, 0.3) is 0 Å². The van der Waals surface area contributed by atoms with Gasteiger partial charge in [-0.2, -0.15) is 0 Å². The molecule has 120 valence electrons. The lowest BCUT2D eigenvalue weighted by Gasteiger charge is -2.35. The van der Waals surface area contributed by atoms with Gasteiger partial charge in [-0.25, -0.2) is 4.39 Å². The van der Waals surface area contributed by atoms with E-state index in [9.17, 15) is 9.50 Å². The minimum absolute atomic E-state index is 0.120. The molecule has 1 aromatic carbocycles. The molecule has 0 fully saturated rings. The molecule has 0 radical (unpaired) electrons. The van der Waals surface area contributed by atoms with E-state index in [4.69, 9.17) is 0 Å². The van der Waals surface area contributed by atoms with Crippen molar-refractivity contribution in [2.45, 2.75) is 45.7 Å². The number of aryl methyl sites for hydroxylation is 1. The molecule has 1 atom stereocenters. The Morgan fingerprint density at radius 2 is 2.05 bits per heavy atom. The highest BCUT2D eigenvalue weighted by atomic mass is 19.1. The van der Waals surface area contributed by atoms with Crippen molar-refractivity contribution in [2.75, 3.05) is 26.7 Å². The van der Waals surface area contributed by atoms with Crippen molar-refractivity contribution in [1.29, 1.82) is 0 Å². The van der Waals surface area contributed by atoms with Gasteiger partial charge in [0.1, 0.15) is 5.82 Å². The molecule has 1 aromatic rings. The predicted molar refractivity (Wildman–Crippen MR) is 86.0 cm³/mol. The minimum atomic E-state index is -0.241. The van der Waals surface area contributed by atoms with Crippen LogP contribution in [0.4, 0.5) is 4.39 Å². The summed E-state index contributed by atoms with van der Waals surface area (Å²) in [7, 11) is 2.01. The zero-order valence-electron chi connectivity index (χ0n) is 13.9. The second-order valence-electron chi connectivity index (χ2n) is 6.30. The zero-order valence-corrected chi connectivity index (χ0v) is 13.9. The number of nitrogens with one attached hydrogen (secondary N) is 1. The fourth-order valence-corrected chi connectivity index (χ4v) is 2.20. The third kappa shape index (κ3) is 5.06. The van der Waals surface area contributed by atoms with E-state index >= 15 is 0 Å². The lowest BCUT2D eigenvalue weighted by molar-refractivity contribution is 0.0758. The van der Waals surface area contributed by atoms with Crippen LogP contribution in [0.1, 0.15) is 44.4 Å². The summed E-state index contributed by atoms with van der Waals surface area (Å²) in [6.07, 6.45) is 0.871. The third-order valence-corrected chi connectivity index (χ3v) is 4.22. The molecule has 3 nitrogen and oxygen atoms in total. The van der Waals surface area contributed by atoms with Crippen molar-refractivity contribution < 1.29 is 9.50 Å². The molecule has 1 unspecified atom stereocenters. The van der Waals surface area contributed by atoms with Crippen molar-refractivity contribution in [1.82, 2.24) is 10.2 Å². The molecule has 0 spiro atoms. The summed E-state index contributed by atoms with van der Waals surface area (Å²) in [6.45, 7) is 9.65. The minimum Gasteiger partial charge on any atom is -0.394 e. The molecule has 0 amide bonds. The van der Waals surface area contributed by atoms with E-state index in [-0.39, 0.29) is 24.0 Å². The summed E-state index contributed by atoms with van der Waals surface area (Å²) in [4.78, 5) is 2.14. The van der Waals surface area contributed by atoms with Crippen LogP contribution in [-0.2, 0) is 0 Å². The number of nitrogens with zero attached hydrogens (tertiary/aromatic N) is 1. The summed E-state index contributed by atoms with van der Waals surface area (Å²) in [5.74, 6) is -0.153. The fraction of sp³-hybridized carbons (Fsp3) is 0.647. The molecule has 0 aromatic heterocycles. The van der Waals surface area contributed by atoms with Gasteiger partial charge in [-0.1, -0.05) is 19.1 Å². The molecule has 4 heteroatoms. The second kappa shape index (κ2) is 7.87. The maximum Gasteiger partial charge on any atom is 0.126 e. The number of rotatable bonds is 8. The molecular weight excluding hydrogens is 267 g/mol. The van der Waals surface area contributed by atoms with E-state index in [1.807, 2.05) is 33.0 Å². The van der Waals surface area contributed by atoms with Crippen molar-refractivity contribution in [2.24, 2.45) is 0 Å². The fourth-order valence-electron chi connectivity index (χ4n) is 2.20. The highest BCUT2D eigenvalue weighted by molar-refractivity contribution is 5.25. The van der Waals surface area contributed by atoms with Gasteiger partial charge >= 0.3 is 0 Å². The van der Waals surface area contributed by atoms with E-state index in [2.05, 4.69) is 17.1 Å². The second-order valence-corrected chi connectivity index (χ2v) is 6.30. The van der Waals surface area contributed by atoms with Crippen molar-refractivity contribution in [3.63, 3.8) is 0 Å². The number of likely N-dealkylation sites (N-methyl/N-ethyl adjacent to an activating group) is 1. The first kappa shape index (κ1) is 18.1. The molecule has 21 heavy (non-hydrogen) atoms. The average Bonchev–Trinajstić information content (AvgIpc) is 2.46. The Morgan fingerprint density at radius 3 is 2.57 bits per heavy atom. The van der Waals surface area contributed by atoms with Gasteiger partial charge in [0.25, 0.3) is 0 Å². The number of benzene rings is 1. The molecule has 0 aliphatic carbocycles. The maximum atomic E-state index is 13.8. The van der Waals surface area contributed by atoms with Gasteiger partial charge in [0.05, 0.1) is 6.61 Å². The van der Waals surface area contributed by atoms with Crippen molar-refractivity contribution in [3.05, 3.63) is 35.1 Å². The molecule has 0 saturated heterocycles. The smallest absolute Gasteiger partial charge is 0.126 e. The first-order valence-electron chi connectivity index (χ1n) is 7.63. The van der Waals surface area contributed by atoms with Crippen LogP contribution in [-0.4, -0.2) is 42.3 Å². The largest absolute Gasteiger partial charge is 0.394 e. The van der Waals surface area contributed by atoms with Crippen LogP contribution in [0, 0.1) is 12.7 Å². The van der Waals surface area contributed by atoms with E-state index in [0.29, 0.717) is 5.56 Å². The Bertz CT molecular complexity index is 448. The van der Waals surface area contributed by atoms with Crippen LogP contribution < -0.4 is 5.32 Å². The Morgan fingerprint density at radius 1 is 1.38 bits per heavy atom. The Kier molecular flexibility index (Phi) is 6.78. The molecule has 0 bridgehead atoms. The highest BCUT2D eigenvalue weighted by Crippen LogP contribution is 2.21. The monoisotopic (exact) mass is 296 g/mol. The summed E-state index contributed by atoms with van der Waals surface area (Å²) < 4.78 is 13.8. The lowest BCUT2D eigenvalue weighted by Crippen LogP contribution is -2.45. The Balaban J connectivity index is 2.76. The molecule has 1 rings (SSSR count). The van der Waals surface area contributed by atoms with Crippen LogP contribution in [0.2, 0.25) is 0 Å². The number of hydrogen-bond acceptors (Lipinski definition) is 3. The predicted octanol–water partition coefficient (Wildman–Crippen LogP) is 2.88. The third-order valence-electron chi connectivity index (χ3n) is 4.22. The van der Waals surface area contributed by atoms with Crippen molar-refractivity contribution in [3.8, 4) is 0 Å². The van der Waals surface area contributed by atoms with Crippen LogP contribution in [0.3, 0.4) is 0 Å². The topological polar surface area (TPSA) is 35.5 Å². The van der Waals surface area contributed by atoms with Gasteiger partial charge in [-0.3, -0.25) is 4.90 Å². The maximum absolute atomic E-state index is 13.8. The Labute approximate surface area is 128 Å². The van der Waals surface area contributed by atoms with E-state index in [1.165, 1.54) is 0 Å². The van der Waals surface area contributed by atoms with Gasteiger partial charge in [0, 0.05) is 18.1 Å². The van der Waals surface area contributed by atoms with Gasteiger partial charge < -0.3 is 10.4 Å². The number of aliphatic hydroxyl groups excluding tert-OH is 1. The molecule has 0 aliphatic rings. The molecule has 2 N–H and O–H groups in total. The average molecular weight is 296 g/mol. The van der Waals surface area contributed by atoms with Crippen LogP contribution in [0.5, 0.6) is 0 Å². The van der Waals surface area contributed by atoms with E-state index < -0.39 is 0 Å². The molecule has 0 saturated carbocycles. The molecular formula is C17H29FN2O. The number of hydrogen-bond donors (Lipinski definition) is 2. The van der Waals surface area contributed by atoms with Crippen molar-refractivity contribution >= 4 is 0 Å². The molecule has 0 aliphatic heterocycles. The Hall–Kier alpha value is -0.970. The summed E-state index contributed by atoms with van der Waals surface area (Å²) >= 11 is 0. The van der Waals surface area contributed by atoms with E-state index in [1.54, 1.807) is 13.0 Å². The van der Waals surface area contributed by atoms with Gasteiger partial charge in [0.15, 0.2) is 0 Å². The zero-order chi connectivity index (χ0) is 16.0. The van der Waals surface area contributed by atoms with Crippen LogP contribution >= 0.6 is 0 Å². The van der Waals surface area contributed by atoms with Gasteiger partial charge in [0.2, 0.25) is 0 Å². The van der Waals surface area contributed by atoms with Gasteiger partial charge in [-0.15, -0.1) is 0 Å². The SMILES string of the molecule is CCNC(CCN(C)C(C)(C)CO)c1ccc(C)c(F)c1. The quantitative estimate of drug-likeness (QED) is 0.774. The van der Waals surface area contributed by atoms with E-state index in [0.717, 1.165) is 25.1 Å². The number of aliphatic hydroxyl groups is 1. The summed E-state index contributed by atoms with van der Waals surface area (Å²) in [6, 6.07) is 5.57.